The van der Waals surface area contributed by atoms with Crippen LogP contribution in [0.4, 0.5) is 0 Å². The molecule has 2 aromatic heterocycles. The highest BCUT2D eigenvalue weighted by Crippen LogP contribution is 2.15. The van der Waals surface area contributed by atoms with Crippen molar-refractivity contribution in [2.45, 2.75) is 47.1 Å². The predicted octanol–water partition coefficient (Wildman–Crippen LogP) is 2.84. The van der Waals surface area contributed by atoms with Gasteiger partial charge in [0.15, 0.2) is 0 Å². The Bertz CT molecular complexity index is 586. The van der Waals surface area contributed by atoms with Gasteiger partial charge in [0.1, 0.15) is 11.5 Å². The van der Waals surface area contributed by atoms with Crippen LogP contribution >= 0.6 is 0 Å². The first-order valence-corrected chi connectivity index (χ1v) is 7.56. The van der Waals surface area contributed by atoms with Gasteiger partial charge in [0.25, 0.3) is 0 Å². The van der Waals surface area contributed by atoms with Gasteiger partial charge in [-0.1, -0.05) is 27.7 Å². The van der Waals surface area contributed by atoms with Gasteiger partial charge in [-0.2, -0.15) is 5.10 Å². The van der Waals surface area contributed by atoms with Gasteiger partial charge in [-0.25, -0.2) is 14.6 Å². The van der Waals surface area contributed by atoms with Gasteiger partial charge in [0.05, 0.1) is 17.6 Å². The lowest BCUT2D eigenvalue weighted by Gasteiger charge is -2.13. The zero-order valence-electron chi connectivity index (χ0n) is 13.6. The molecule has 0 fully saturated rings. The molecule has 0 spiro atoms. The molecule has 0 saturated heterocycles. The molecule has 114 valence electrons. The van der Waals surface area contributed by atoms with Crippen LogP contribution in [0.2, 0.25) is 0 Å². The fourth-order valence-corrected chi connectivity index (χ4v) is 2.05. The molecule has 5 heteroatoms. The maximum absolute atomic E-state index is 4.72. The first-order chi connectivity index (χ1) is 9.97. The highest BCUT2D eigenvalue weighted by Gasteiger charge is 2.12. The largest absolute Gasteiger partial charge is 0.311 e. The molecule has 2 heterocycles. The van der Waals surface area contributed by atoms with E-state index in [1.807, 2.05) is 30.1 Å². The van der Waals surface area contributed by atoms with Gasteiger partial charge in [-0.15, -0.1) is 0 Å². The van der Waals surface area contributed by atoms with Crippen LogP contribution in [0.5, 0.6) is 0 Å². The first-order valence-electron chi connectivity index (χ1n) is 7.56. The minimum absolute atomic E-state index is 0.322. The average molecular weight is 287 g/mol. The summed E-state index contributed by atoms with van der Waals surface area (Å²) >= 11 is 0. The third-order valence-corrected chi connectivity index (χ3v) is 3.19. The minimum atomic E-state index is 0.322. The highest BCUT2D eigenvalue weighted by atomic mass is 15.3. The van der Waals surface area contributed by atoms with Crippen molar-refractivity contribution >= 4 is 0 Å². The third-order valence-electron chi connectivity index (χ3n) is 3.19. The molecule has 0 unspecified atom stereocenters. The van der Waals surface area contributed by atoms with E-state index >= 15 is 0 Å². The Morgan fingerprint density at radius 3 is 2.57 bits per heavy atom. The molecular formula is C16H25N5. The van der Waals surface area contributed by atoms with E-state index in [1.165, 1.54) is 0 Å². The van der Waals surface area contributed by atoms with E-state index in [4.69, 9.17) is 4.98 Å². The second kappa shape index (κ2) is 6.80. The second-order valence-corrected chi connectivity index (χ2v) is 6.14. The predicted molar refractivity (Wildman–Crippen MR) is 84.5 cm³/mol. The van der Waals surface area contributed by atoms with Gasteiger partial charge in [-0.3, -0.25) is 0 Å². The van der Waals surface area contributed by atoms with Crippen LogP contribution in [-0.4, -0.2) is 26.3 Å². The number of aryl methyl sites for hydroxylation is 1. The molecule has 0 aromatic carbocycles. The number of aromatic nitrogens is 4. The number of nitrogens with zero attached hydrogens (tertiary/aromatic N) is 4. The molecule has 2 aromatic rings. The van der Waals surface area contributed by atoms with Crippen molar-refractivity contribution in [2.75, 3.05) is 6.54 Å². The Balaban J connectivity index is 2.29. The molecule has 1 N–H and O–H groups in total. The Morgan fingerprint density at radius 1 is 1.24 bits per heavy atom. The quantitative estimate of drug-likeness (QED) is 0.887. The molecule has 0 aliphatic heterocycles. The van der Waals surface area contributed by atoms with Gasteiger partial charge in [0, 0.05) is 18.7 Å². The summed E-state index contributed by atoms with van der Waals surface area (Å²) in [6, 6.07) is 1.99. The van der Waals surface area contributed by atoms with Crippen molar-refractivity contribution in [2.24, 2.45) is 5.92 Å². The average Bonchev–Trinajstić information content (AvgIpc) is 2.84. The Hall–Kier alpha value is -1.75. The third kappa shape index (κ3) is 4.11. The summed E-state index contributed by atoms with van der Waals surface area (Å²) in [5, 5.41) is 7.92. The van der Waals surface area contributed by atoms with E-state index in [0.717, 1.165) is 36.0 Å². The van der Waals surface area contributed by atoms with E-state index in [2.05, 4.69) is 43.1 Å². The second-order valence-electron chi connectivity index (χ2n) is 6.14. The lowest BCUT2D eigenvalue weighted by atomic mass is 10.2. The molecule has 0 aliphatic rings. The van der Waals surface area contributed by atoms with Crippen molar-refractivity contribution < 1.29 is 0 Å². The topological polar surface area (TPSA) is 55.6 Å². The zero-order chi connectivity index (χ0) is 15.4. The van der Waals surface area contributed by atoms with Gasteiger partial charge in [0.2, 0.25) is 0 Å². The Kier molecular flexibility index (Phi) is 5.07. The zero-order valence-corrected chi connectivity index (χ0v) is 13.6. The standard InChI is InChI=1S/C16H25N5/c1-11(2)8-17-9-14-15(21-7-6-13(5)20-21)10-18-16(19-14)12(3)4/h6-7,10-12,17H,8-9H2,1-5H3. The van der Waals surface area contributed by atoms with Crippen LogP contribution < -0.4 is 5.32 Å². The van der Waals surface area contributed by atoms with Gasteiger partial charge in [-0.05, 0) is 25.5 Å². The number of hydrogen-bond donors (Lipinski definition) is 1. The molecule has 2 rings (SSSR count). The van der Waals surface area contributed by atoms with E-state index in [-0.39, 0.29) is 0 Å². The van der Waals surface area contributed by atoms with Crippen molar-refractivity contribution in [3.05, 3.63) is 35.7 Å². The fraction of sp³-hybridized carbons (Fsp3) is 0.562. The van der Waals surface area contributed by atoms with Crippen molar-refractivity contribution in [1.82, 2.24) is 25.1 Å². The summed E-state index contributed by atoms with van der Waals surface area (Å²) in [4.78, 5) is 9.19. The minimum Gasteiger partial charge on any atom is -0.311 e. The maximum Gasteiger partial charge on any atom is 0.131 e. The number of hydrogen-bond acceptors (Lipinski definition) is 4. The van der Waals surface area contributed by atoms with E-state index in [0.29, 0.717) is 11.8 Å². The molecule has 0 aliphatic carbocycles. The fourth-order valence-electron chi connectivity index (χ4n) is 2.05. The van der Waals surface area contributed by atoms with Crippen LogP contribution in [0.15, 0.2) is 18.5 Å². The number of rotatable bonds is 6. The van der Waals surface area contributed by atoms with Crippen LogP contribution in [0.25, 0.3) is 5.69 Å². The monoisotopic (exact) mass is 287 g/mol. The summed E-state index contributed by atoms with van der Waals surface area (Å²) < 4.78 is 1.85. The smallest absolute Gasteiger partial charge is 0.131 e. The summed E-state index contributed by atoms with van der Waals surface area (Å²) in [5.41, 5.74) is 2.94. The number of nitrogens with one attached hydrogen (secondary N) is 1. The Morgan fingerprint density at radius 2 is 2.00 bits per heavy atom. The lowest BCUT2D eigenvalue weighted by Crippen LogP contribution is -2.21. The van der Waals surface area contributed by atoms with E-state index in [1.54, 1.807) is 0 Å². The van der Waals surface area contributed by atoms with Crippen molar-refractivity contribution in [3.8, 4) is 5.69 Å². The molecule has 0 amide bonds. The molecule has 0 saturated carbocycles. The van der Waals surface area contributed by atoms with Gasteiger partial charge >= 0.3 is 0 Å². The first kappa shape index (κ1) is 15.6. The van der Waals surface area contributed by atoms with Crippen molar-refractivity contribution in [3.63, 3.8) is 0 Å². The highest BCUT2D eigenvalue weighted by molar-refractivity contribution is 5.34. The van der Waals surface area contributed by atoms with E-state index in [9.17, 15) is 0 Å². The van der Waals surface area contributed by atoms with E-state index < -0.39 is 0 Å². The summed E-state index contributed by atoms with van der Waals surface area (Å²) in [7, 11) is 0. The molecule has 0 bridgehead atoms. The SMILES string of the molecule is Cc1ccn(-c2cnc(C(C)C)nc2CNCC(C)C)n1. The van der Waals surface area contributed by atoms with Crippen LogP contribution in [0.3, 0.4) is 0 Å². The molecule has 0 atom stereocenters. The molecular weight excluding hydrogens is 262 g/mol. The van der Waals surface area contributed by atoms with Crippen LogP contribution in [0.1, 0.15) is 50.8 Å². The molecule has 5 nitrogen and oxygen atoms in total. The summed E-state index contributed by atoms with van der Waals surface area (Å²) in [5.74, 6) is 1.82. The van der Waals surface area contributed by atoms with Gasteiger partial charge < -0.3 is 5.32 Å². The van der Waals surface area contributed by atoms with Crippen LogP contribution in [-0.2, 0) is 6.54 Å². The Labute approximate surface area is 126 Å². The summed E-state index contributed by atoms with van der Waals surface area (Å²) in [6.45, 7) is 12.3. The maximum atomic E-state index is 4.72. The van der Waals surface area contributed by atoms with Crippen molar-refractivity contribution in [1.29, 1.82) is 0 Å². The molecule has 0 radical (unpaired) electrons. The van der Waals surface area contributed by atoms with Crippen LogP contribution in [0, 0.1) is 12.8 Å². The summed E-state index contributed by atoms with van der Waals surface area (Å²) in [6.07, 6.45) is 3.83. The lowest BCUT2D eigenvalue weighted by molar-refractivity contribution is 0.544. The normalized spacial score (nSPS) is 11.6. The molecule has 21 heavy (non-hydrogen) atoms.